The molecule has 2 heterocycles. The summed E-state index contributed by atoms with van der Waals surface area (Å²) in [5.41, 5.74) is 11.7. The Kier molecular flexibility index (Phi) is 3.55. The molecule has 0 amide bonds. The molecule has 1 aliphatic carbocycles. The average Bonchev–Trinajstić information content (AvgIpc) is 3.55. The van der Waals surface area contributed by atoms with Crippen LogP contribution in [0.2, 0.25) is 0 Å². The van der Waals surface area contributed by atoms with Gasteiger partial charge in [-0.15, -0.1) is 0 Å². The van der Waals surface area contributed by atoms with E-state index in [9.17, 15) is 0 Å². The van der Waals surface area contributed by atoms with E-state index < -0.39 is 0 Å². The van der Waals surface area contributed by atoms with E-state index in [-0.39, 0.29) is 5.41 Å². The molecule has 2 aliphatic rings. The number of fused-ring (bicyclic) bond motifs is 10. The lowest BCUT2D eigenvalue weighted by Crippen LogP contribution is -2.17. The number of hydrogen-bond donors (Lipinski definition) is 0. The molecule has 0 unspecified atom stereocenters. The molecule has 0 radical (unpaired) electrons. The highest BCUT2D eigenvalue weighted by Gasteiger charge is 2.39. The van der Waals surface area contributed by atoms with Crippen molar-refractivity contribution in [2.45, 2.75) is 25.7 Å². The smallest absolute Gasteiger partial charge is 0.0663 e. The van der Waals surface area contributed by atoms with Gasteiger partial charge in [0.25, 0.3) is 0 Å². The van der Waals surface area contributed by atoms with Crippen molar-refractivity contribution in [3.63, 3.8) is 0 Å². The molecule has 2 heteroatoms. The van der Waals surface area contributed by atoms with Gasteiger partial charge in [0.2, 0.25) is 0 Å². The van der Waals surface area contributed by atoms with Crippen LogP contribution in [0, 0.1) is 0 Å². The van der Waals surface area contributed by atoms with E-state index in [2.05, 4.69) is 114 Å². The van der Waals surface area contributed by atoms with Gasteiger partial charge >= 0.3 is 0 Å². The van der Waals surface area contributed by atoms with E-state index >= 15 is 0 Å². The van der Waals surface area contributed by atoms with Gasteiger partial charge in [-0.3, -0.25) is 4.99 Å². The first kappa shape index (κ1) is 19.2. The molecular formula is C33H24N2. The molecular weight excluding hydrogens is 424 g/mol. The van der Waals surface area contributed by atoms with Gasteiger partial charge in [-0.05, 0) is 62.9 Å². The maximum Gasteiger partial charge on any atom is 0.0663 e. The number of aliphatic imine (C=N–C) groups is 1. The SMILES string of the molecule is CC1(C)c2c(ccc3ccccc23)-c2ccc3c4ccccc4n(-c4ccc5c(c4)CC=N5)c3c21. The van der Waals surface area contributed by atoms with Crippen LogP contribution in [-0.2, 0) is 11.8 Å². The van der Waals surface area contributed by atoms with E-state index in [0.29, 0.717) is 0 Å². The highest BCUT2D eigenvalue weighted by molar-refractivity contribution is 6.14. The summed E-state index contributed by atoms with van der Waals surface area (Å²) in [7, 11) is 0. The lowest BCUT2D eigenvalue weighted by molar-refractivity contribution is 0.670. The standard InChI is InChI=1S/C33H24N2/c1-33(2)30-23-8-4-3-7-20(23)11-13-25(30)26-14-15-27-24-9-5-6-10-29(24)35(32(27)31(26)33)22-12-16-28-21(19-22)17-18-34-28/h3-16,18-19H,17H2,1-2H3. The normalized spacial score (nSPS) is 15.1. The summed E-state index contributed by atoms with van der Waals surface area (Å²) in [5.74, 6) is 0. The lowest BCUT2D eigenvalue weighted by atomic mass is 9.79. The Hall–Kier alpha value is -4.17. The number of benzene rings is 5. The average molecular weight is 449 g/mol. The Morgan fingerprint density at radius 3 is 2.40 bits per heavy atom. The van der Waals surface area contributed by atoms with Crippen LogP contribution in [0.25, 0.3) is 49.4 Å². The monoisotopic (exact) mass is 448 g/mol. The zero-order valence-corrected chi connectivity index (χ0v) is 19.8. The topological polar surface area (TPSA) is 17.3 Å². The molecule has 0 spiro atoms. The van der Waals surface area contributed by atoms with Crippen LogP contribution >= 0.6 is 0 Å². The summed E-state index contributed by atoms with van der Waals surface area (Å²) in [6.07, 6.45) is 2.92. The third-order valence-electron chi connectivity index (χ3n) is 8.17. The third kappa shape index (κ3) is 2.37. The fourth-order valence-corrected chi connectivity index (χ4v) is 6.72. The van der Waals surface area contributed by atoms with Crippen molar-refractivity contribution in [3.05, 3.63) is 108 Å². The molecule has 5 aromatic carbocycles. The first-order chi connectivity index (χ1) is 17.1. The number of hydrogen-bond acceptors (Lipinski definition) is 1. The molecule has 0 N–H and O–H groups in total. The van der Waals surface area contributed by atoms with Gasteiger partial charge in [-0.2, -0.15) is 0 Å². The Morgan fingerprint density at radius 1 is 0.714 bits per heavy atom. The van der Waals surface area contributed by atoms with Gasteiger partial charge in [0.05, 0.1) is 16.7 Å². The fraction of sp³-hybridized carbons (Fsp3) is 0.121. The van der Waals surface area contributed by atoms with Crippen LogP contribution in [0.5, 0.6) is 0 Å². The third-order valence-corrected chi connectivity index (χ3v) is 8.17. The van der Waals surface area contributed by atoms with E-state index in [0.717, 1.165) is 12.1 Å². The largest absolute Gasteiger partial charge is 0.309 e. The predicted octanol–water partition coefficient (Wildman–Crippen LogP) is 8.50. The highest BCUT2D eigenvalue weighted by Crippen LogP contribution is 2.54. The fourth-order valence-electron chi connectivity index (χ4n) is 6.72. The Balaban J connectivity index is 1.54. The van der Waals surface area contributed by atoms with Gasteiger partial charge in [-0.25, -0.2) is 0 Å². The minimum absolute atomic E-state index is 0.128. The van der Waals surface area contributed by atoms with Gasteiger partial charge in [0.15, 0.2) is 0 Å². The number of rotatable bonds is 1. The minimum Gasteiger partial charge on any atom is -0.309 e. The minimum atomic E-state index is -0.128. The van der Waals surface area contributed by atoms with E-state index in [1.165, 1.54) is 66.1 Å². The molecule has 6 aromatic rings. The second kappa shape index (κ2) is 6.49. The predicted molar refractivity (Wildman–Crippen MR) is 148 cm³/mol. The molecule has 0 atom stereocenters. The second-order valence-corrected chi connectivity index (χ2v) is 10.4. The highest BCUT2D eigenvalue weighted by atomic mass is 15.0. The Labute approximate surface area is 204 Å². The summed E-state index contributed by atoms with van der Waals surface area (Å²) in [5, 5.41) is 5.29. The summed E-state index contributed by atoms with van der Waals surface area (Å²) in [6.45, 7) is 4.81. The second-order valence-electron chi connectivity index (χ2n) is 10.4. The first-order valence-corrected chi connectivity index (χ1v) is 12.4. The van der Waals surface area contributed by atoms with Crippen molar-refractivity contribution in [1.29, 1.82) is 0 Å². The maximum atomic E-state index is 4.55. The van der Waals surface area contributed by atoms with Crippen LogP contribution in [0.3, 0.4) is 0 Å². The molecule has 8 rings (SSSR count). The quantitative estimate of drug-likeness (QED) is 0.240. The van der Waals surface area contributed by atoms with E-state index in [1.54, 1.807) is 0 Å². The van der Waals surface area contributed by atoms with E-state index in [1.807, 2.05) is 6.21 Å². The molecule has 0 bridgehead atoms. The molecule has 0 fully saturated rings. The van der Waals surface area contributed by atoms with Crippen LogP contribution < -0.4 is 0 Å². The summed E-state index contributed by atoms with van der Waals surface area (Å²) < 4.78 is 2.50. The van der Waals surface area contributed by atoms with Crippen molar-refractivity contribution in [3.8, 4) is 16.8 Å². The van der Waals surface area contributed by atoms with Gasteiger partial charge in [0.1, 0.15) is 0 Å². The Bertz CT molecular complexity index is 1900. The van der Waals surface area contributed by atoms with Gasteiger partial charge in [0, 0.05) is 34.5 Å². The molecule has 1 aromatic heterocycles. The van der Waals surface area contributed by atoms with Crippen LogP contribution in [0.4, 0.5) is 5.69 Å². The molecule has 35 heavy (non-hydrogen) atoms. The summed E-state index contributed by atoms with van der Waals surface area (Å²) in [4.78, 5) is 4.55. The van der Waals surface area contributed by atoms with Gasteiger partial charge < -0.3 is 4.57 Å². The lowest BCUT2D eigenvalue weighted by Gasteiger charge is -2.25. The zero-order valence-electron chi connectivity index (χ0n) is 19.8. The van der Waals surface area contributed by atoms with Crippen LogP contribution in [0.15, 0.2) is 96.0 Å². The van der Waals surface area contributed by atoms with Crippen molar-refractivity contribution < 1.29 is 0 Å². The molecule has 1 aliphatic heterocycles. The number of aromatic nitrogens is 1. The molecule has 0 saturated heterocycles. The molecule has 166 valence electrons. The first-order valence-electron chi connectivity index (χ1n) is 12.4. The molecule has 2 nitrogen and oxygen atoms in total. The summed E-state index contributed by atoms with van der Waals surface area (Å²) in [6, 6.07) is 33.7. The maximum absolute atomic E-state index is 4.55. The van der Waals surface area contributed by atoms with Crippen molar-refractivity contribution in [2.75, 3.05) is 0 Å². The van der Waals surface area contributed by atoms with Crippen molar-refractivity contribution in [2.24, 2.45) is 4.99 Å². The molecule has 0 saturated carbocycles. The van der Waals surface area contributed by atoms with Crippen molar-refractivity contribution >= 4 is 44.5 Å². The van der Waals surface area contributed by atoms with Gasteiger partial charge in [-0.1, -0.05) is 80.6 Å². The zero-order chi connectivity index (χ0) is 23.3. The van der Waals surface area contributed by atoms with E-state index in [4.69, 9.17) is 0 Å². The Morgan fingerprint density at radius 2 is 1.49 bits per heavy atom. The van der Waals surface area contributed by atoms with Crippen LogP contribution in [0.1, 0.15) is 30.5 Å². The number of nitrogens with zero attached hydrogens (tertiary/aromatic N) is 2. The van der Waals surface area contributed by atoms with Crippen LogP contribution in [-0.4, -0.2) is 10.8 Å². The van der Waals surface area contributed by atoms with Crippen molar-refractivity contribution in [1.82, 2.24) is 4.57 Å². The summed E-state index contributed by atoms with van der Waals surface area (Å²) >= 11 is 0. The number of para-hydroxylation sites is 1.